The van der Waals surface area contributed by atoms with Crippen LogP contribution in [-0.4, -0.2) is 32.9 Å². The number of aliphatic imine (C=N–C) groups is 1. The number of rotatable bonds is 5. The summed E-state index contributed by atoms with van der Waals surface area (Å²) in [5, 5.41) is 3.07. The van der Waals surface area contributed by atoms with Crippen LogP contribution < -0.4 is 11.1 Å². The molecular weight excluding hydrogens is 413 g/mol. The van der Waals surface area contributed by atoms with Crippen LogP contribution in [-0.2, 0) is 9.84 Å². The Morgan fingerprint density at radius 3 is 2.27 bits per heavy atom. The van der Waals surface area contributed by atoms with Crippen LogP contribution in [0.2, 0.25) is 0 Å². The summed E-state index contributed by atoms with van der Waals surface area (Å²) in [6.07, 6.45) is 3.08. The maximum atomic E-state index is 11.4. The van der Waals surface area contributed by atoms with Crippen molar-refractivity contribution in [1.29, 1.82) is 0 Å². The van der Waals surface area contributed by atoms with Gasteiger partial charge in [-0.3, -0.25) is 4.99 Å². The highest BCUT2D eigenvalue weighted by atomic mass is 127. The van der Waals surface area contributed by atoms with E-state index in [9.17, 15) is 8.42 Å². The van der Waals surface area contributed by atoms with Gasteiger partial charge in [-0.25, -0.2) is 8.42 Å². The van der Waals surface area contributed by atoms with Crippen LogP contribution >= 0.6 is 24.0 Å². The first-order chi connectivity index (χ1) is 9.67. The zero-order valence-electron chi connectivity index (χ0n) is 13.2. The predicted octanol–water partition coefficient (Wildman–Crippen LogP) is 2.47. The highest BCUT2D eigenvalue weighted by molar-refractivity contribution is 14.0. The van der Waals surface area contributed by atoms with Gasteiger partial charge >= 0.3 is 0 Å². The van der Waals surface area contributed by atoms with Gasteiger partial charge in [0.1, 0.15) is 9.84 Å². The molecule has 0 spiro atoms. The van der Waals surface area contributed by atoms with Gasteiger partial charge in [0.25, 0.3) is 0 Å². The molecule has 0 radical (unpaired) electrons. The second kappa shape index (κ2) is 7.16. The fraction of sp³-hybridized carbons (Fsp3) is 0.533. The third kappa shape index (κ3) is 6.12. The van der Waals surface area contributed by atoms with E-state index < -0.39 is 9.84 Å². The van der Waals surface area contributed by atoms with Crippen molar-refractivity contribution in [2.24, 2.45) is 16.1 Å². The average molecular weight is 437 g/mol. The minimum atomic E-state index is -2.97. The Kier molecular flexibility index (Phi) is 6.26. The molecule has 0 aromatic heterocycles. The van der Waals surface area contributed by atoms with E-state index in [1.54, 1.807) is 0 Å². The fourth-order valence-electron chi connectivity index (χ4n) is 2.57. The number of halogens is 1. The zero-order chi connectivity index (χ0) is 15.7. The summed E-state index contributed by atoms with van der Waals surface area (Å²) in [6, 6.07) is 6.08. The summed E-state index contributed by atoms with van der Waals surface area (Å²) in [5.41, 5.74) is 8.91. The molecule has 0 amide bonds. The van der Waals surface area contributed by atoms with Crippen molar-refractivity contribution < 1.29 is 8.42 Å². The molecule has 7 heteroatoms. The summed E-state index contributed by atoms with van der Waals surface area (Å²) >= 11 is 0. The molecule has 1 aromatic carbocycles. The molecule has 0 saturated heterocycles. The van der Waals surface area contributed by atoms with E-state index in [0.29, 0.717) is 12.5 Å². The van der Waals surface area contributed by atoms with Crippen LogP contribution in [0.15, 0.2) is 23.2 Å². The van der Waals surface area contributed by atoms with Gasteiger partial charge in [0, 0.05) is 23.9 Å². The van der Waals surface area contributed by atoms with Crippen molar-refractivity contribution >= 4 is 45.5 Å². The first-order valence-corrected chi connectivity index (χ1v) is 9.07. The second-order valence-corrected chi connectivity index (χ2v) is 8.41. The van der Waals surface area contributed by atoms with Crippen LogP contribution in [0.1, 0.15) is 24.0 Å². The minimum Gasteiger partial charge on any atom is -0.370 e. The van der Waals surface area contributed by atoms with Crippen LogP contribution in [0.4, 0.5) is 5.69 Å². The van der Waals surface area contributed by atoms with Gasteiger partial charge in [-0.2, -0.15) is 0 Å². The topological polar surface area (TPSA) is 84.5 Å². The predicted molar refractivity (Wildman–Crippen MR) is 103 cm³/mol. The Bertz CT molecular complexity index is 647. The van der Waals surface area contributed by atoms with E-state index in [-0.39, 0.29) is 35.1 Å². The molecule has 3 N–H and O–H groups in total. The smallest absolute Gasteiger partial charge is 0.193 e. The normalized spacial score (nSPS) is 16.8. The van der Waals surface area contributed by atoms with Crippen LogP contribution in [0.25, 0.3) is 0 Å². The number of nitrogens with two attached hydrogens (primary N) is 1. The van der Waals surface area contributed by atoms with Gasteiger partial charge in [0.05, 0.1) is 5.75 Å². The standard InChI is InChI=1S/C15H23N3O2S.HI/c1-11-6-12(2)8-13(7-11)18-14(16)17-9-15(4-5-15)10-21(3,19)20;/h6-8H,4-5,9-10H2,1-3H3,(H3,16,17,18);1H. The maximum Gasteiger partial charge on any atom is 0.193 e. The van der Waals surface area contributed by atoms with Gasteiger partial charge in [-0.15, -0.1) is 24.0 Å². The number of nitrogens with one attached hydrogen (secondary N) is 1. The molecular formula is C15H24IN3O2S. The van der Waals surface area contributed by atoms with Crippen LogP contribution in [0.3, 0.4) is 0 Å². The average Bonchev–Trinajstić information content (AvgIpc) is 3.03. The Balaban J connectivity index is 0.00000242. The summed E-state index contributed by atoms with van der Waals surface area (Å²) in [6.45, 7) is 4.51. The zero-order valence-corrected chi connectivity index (χ0v) is 16.4. The number of hydrogen-bond acceptors (Lipinski definition) is 3. The third-order valence-electron chi connectivity index (χ3n) is 3.60. The molecule has 0 bridgehead atoms. The SMILES string of the molecule is Cc1cc(C)cc(NC(N)=NCC2(CS(C)(=O)=O)CC2)c1.I. The van der Waals surface area contributed by atoms with E-state index in [1.165, 1.54) is 6.26 Å². The van der Waals surface area contributed by atoms with Gasteiger partial charge in [-0.1, -0.05) is 6.07 Å². The molecule has 22 heavy (non-hydrogen) atoms. The highest BCUT2D eigenvalue weighted by Gasteiger charge is 2.45. The number of sulfone groups is 1. The third-order valence-corrected chi connectivity index (χ3v) is 4.74. The van der Waals surface area contributed by atoms with Crippen molar-refractivity contribution in [3.63, 3.8) is 0 Å². The van der Waals surface area contributed by atoms with Gasteiger partial charge in [0.15, 0.2) is 5.96 Å². The lowest BCUT2D eigenvalue weighted by atomic mass is 10.1. The van der Waals surface area contributed by atoms with Crippen molar-refractivity contribution in [2.75, 3.05) is 23.9 Å². The first-order valence-electron chi connectivity index (χ1n) is 7.01. The molecule has 0 atom stereocenters. The quantitative estimate of drug-likeness (QED) is 0.421. The Morgan fingerprint density at radius 1 is 1.27 bits per heavy atom. The molecule has 1 aliphatic carbocycles. The van der Waals surface area contributed by atoms with Crippen molar-refractivity contribution in [3.05, 3.63) is 29.3 Å². The van der Waals surface area contributed by atoms with Crippen molar-refractivity contribution in [1.82, 2.24) is 0 Å². The molecule has 1 aromatic rings. The second-order valence-electron chi connectivity index (χ2n) is 6.27. The first kappa shape index (κ1) is 19.2. The summed E-state index contributed by atoms with van der Waals surface area (Å²) in [7, 11) is -2.97. The Labute approximate surface area is 149 Å². The number of benzene rings is 1. The summed E-state index contributed by atoms with van der Waals surface area (Å²) in [4.78, 5) is 4.32. The maximum absolute atomic E-state index is 11.4. The molecule has 1 saturated carbocycles. The number of hydrogen-bond donors (Lipinski definition) is 2. The van der Waals surface area contributed by atoms with E-state index in [2.05, 4.69) is 16.4 Å². The number of aryl methyl sites for hydroxylation is 2. The van der Waals surface area contributed by atoms with E-state index in [4.69, 9.17) is 5.73 Å². The summed E-state index contributed by atoms with van der Waals surface area (Å²) < 4.78 is 22.8. The molecule has 124 valence electrons. The number of anilines is 1. The molecule has 2 rings (SSSR count). The van der Waals surface area contributed by atoms with Crippen molar-refractivity contribution in [2.45, 2.75) is 26.7 Å². The Morgan fingerprint density at radius 2 is 1.82 bits per heavy atom. The highest BCUT2D eigenvalue weighted by Crippen LogP contribution is 2.46. The minimum absolute atomic E-state index is 0. The molecule has 0 heterocycles. The fourth-order valence-corrected chi connectivity index (χ4v) is 4.06. The lowest BCUT2D eigenvalue weighted by Gasteiger charge is -2.12. The lowest BCUT2D eigenvalue weighted by Crippen LogP contribution is -2.26. The Hall–Kier alpha value is -0.830. The summed E-state index contributed by atoms with van der Waals surface area (Å²) in [5.74, 6) is 0.528. The van der Waals surface area contributed by atoms with Crippen LogP contribution in [0, 0.1) is 19.3 Å². The van der Waals surface area contributed by atoms with Crippen molar-refractivity contribution in [3.8, 4) is 0 Å². The number of guanidine groups is 1. The molecule has 0 aliphatic heterocycles. The molecule has 0 unspecified atom stereocenters. The monoisotopic (exact) mass is 437 g/mol. The molecule has 1 aliphatic rings. The van der Waals surface area contributed by atoms with Crippen LogP contribution in [0.5, 0.6) is 0 Å². The van der Waals surface area contributed by atoms with E-state index in [0.717, 1.165) is 29.7 Å². The molecule has 5 nitrogen and oxygen atoms in total. The van der Waals surface area contributed by atoms with Gasteiger partial charge in [0.2, 0.25) is 0 Å². The van der Waals surface area contributed by atoms with E-state index >= 15 is 0 Å². The number of nitrogens with zero attached hydrogens (tertiary/aromatic N) is 1. The van der Waals surface area contributed by atoms with Gasteiger partial charge in [-0.05, 0) is 49.9 Å². The largest absolute Gasteiger partial charge is 0.370 e. The lowest BCUT2D eigenvalue weighted by molar-refractivity contribution is 0.552. The van der Waals surface area contributed by atoms with E-state index in [1.807, 2.05) is 26.0 Å². The van der Waals surface area contributed by atoms with Gasteiger partial charge < -0.3 is 11.1 Å². The molecule has 1 fully saturated rings.